The maximum atomic E-state index is 11.2. The van der Waals surface area contributed by atoms with Crippen molar-refractivity contribution in [3.05, 3.63) is 12.2 Å². The van der Waals surface area contributed by atoms with Gasteiger partial charge in [-0.05, 0) is 6.42 Å². The van der Waals surface area contributed by atoms with Gasteiger partial charge in [-0.15, -0.1) is 0 Å². The molecule has 2 N–H and O–H groups in total. The maximum Gasteiger partial charge on any atom is 0.317 e. The lowest BCUT2D eigenvalue weighted by atomic mass is 10.1. The van der Waals surface area contributed by atoms with Crippen LogP contribution in [0, 0.1) is 0 Å². The summed E-state index contributed by atoms with van der Waals surface area (Å²) in [6.45, 7) is 2.78. The Bertz CT molecular complexity index is 253. The summed E-state index contributed by atoms with van der Waals surface area (Å²) in [5, 5.41) is 12.4. The zero-order chi connectivity index (χ0) is 12.0. The Labute approximate surface area is 97.3 Å². The summed E-state index contributed by atoms with van der Waals surface area (Å²) in [6, 6.07) is 0.0310. The number of likely N-dealkylation sites (N-methyl/N-ethyl adjacent to an activating group) is 1. The van der Waals surface area contributed by atoms with Crippen LogP contribution in [0.3, 0.4) is 0 Å². The molecule has 0 radical (unpaired) electrons. The molecule has 92 valence electrons. The lowest BCUT2D eigenvalue weighted by Gasteiger charge is -2.14. The molecule has 4 nitrogen and oxygen atoms in total. The normalized spacial score (nSPS) is 22.8. The molecule has 0 aromatic carbocycles. The Balaban J connectivity index is 2.27. The first-order valence-corrected chi connectivity index (χ1v) is 6.02. The Morgan fingerprint density at radius 2 is 2.38 bits per heavy atom. The van der Waals surface area contributed by atoms with Crippen molar-refractivity contribution in [3.8, 4) is 0 Å². The van der Waals surface area contributed by atoms with Gasteiger partial charge in [0, 0.05) is 13.6 Å². The van der Waals surface area contributed by atoms with Crippen molar-refractivity contribution in [3.63, 3.8) is 0 Å². The summed E-state index contributed by atoms with van der Waals surface area (Å²) in [6.07, 6.45) is 7.53. The molecule has 4 heteroatoms. The monoisotopic (exact) mass is 226 g/mol. The lowest BCUT2D eigenvalue weighted by molar-refractivity contribution is 0.206. The highest BCUT2D eigenvalue weighted by atomic mass is 16.3. The standard InChI is InChI=1S/C12H22N2O2/c1-3-4-5-6-11(15)8-7-10-9-13-12(16)14(10)2/h7-8,10-11,15H,3-6,9H2,1-2H3,(H,13,16)/b8-7+. The third-order valence-corrected chi connectivity index (χ3v) is 2.94. The number of hydrogen-bond donors (Lipinski definition) is 2. The highest BCUT2D eigenvalue weighted by Gasteiger charge is 2.24. The molecule has 0 aliphatic carbocycles. The fourth-order valence-electron chi connectivity index (χ4n) is 1.76. The molecule has 2 amide bonds. The van der Waals surface area contributed by atoms with Gasteiger partial charge in [0.05, 0.1) is 12.1 Å². The number of amides is 2. The molecule has 0 spiro atoms. The second-order valence-electron chi connectivity index (χ2n) is 4.31. The van der Waals surface area contributed by atoms with E-state index >= 15 is 0 Å². The van der Waals surface area contributed by atoms with Crippen molar-refractivity contribution < 1.29 is 9.90 Å². The number of carbonyl (C=O) groups excluding carboxylic acids is 1. The van der Waals surface area contributed by atoms with E-state index < -0.39 is 0 Å². The molecule has 0 aromatic heterocycles. The number of carbonyl (C=O) groups is 1. The van der Waals surface area contributed by atoms with Gasteiger partial charge in [0.2, 0.25) is 0 Å². The average molecular weight is 226 g/mol. The van der Waals surface area contributed by atoms with Crippen molar-refractivity contribution in [1.29, 1.82) is 0 Å². The highest BCUT2D eigenvalue weighted by molar-refractivity contribution is 5.76. The molecule has 1 aliphatic rings. The first-order chi connectivity index (χ1) is 7.65. The number of aliphatic hydroxyl groups excluding tert-OH is 1. The molecule has 2 atom stereocenters. The summed E-state index contributed by atoms with van der Waals surface area (Å²) in [5.74, 6) is 0. The van der Waals surface area contributed by atoms with Crippen LogP contribution in [0.5, 0.6) is 0 Å². The predicted octanol–water partition coefficient (Wildman–Crippen LogP) is 1.51. The largest absolute Gasteiger partial charge is 0.389 e. The minimum atomic E-state index is -0.379. The van der Waals surface area contributed by atoms with Crippen LogP contribution in [0.4, 0.5) is 4.79 Å². The van der Waals surface area contributed by atoms with Crippen LogP contribution in [0.15, 0.2) is 12.2 Å². The first-order valence-electron chi connectivity index (χ1n) is 6.02. The number of urea groups is 1. The third-order valence-electron chi connectivity index (χ3n) is 2.94. The number of nitrogens with zero attached hydrogens (tertiary/aromatic N) is 1. The summed E-state index contributed by atoms with van der Waals surface area (Å²) in [4.78, 5) is 12.8. The van der Waals surface area contributed by atoms with Gasteiger partial charge in [-0.25, -0.2) is 4.79 Å². The van der Waals surface area contributed by atoms with Gasteiger partial charge in [0.1, 0.15) is 0 Å². The van der Waals surface area contributed by atoms with Crippen molar-refractivity contribution in [2.24, 2.45) is 0 Å². The fourth-order valence-corrected chi connectivity index (χ4v) is 1.76. The van der Waals surface area contributed by atoms with Gasteiger partial charge in [-0.1, -0.05) is 38.3 Å². The molecule has 1 heterocycles. The first kappa shape index (κ1) is 13.0. The van der Waals surface area contributed by atoms with Crippen LogP contribution in [0.2, 0.25) is 0 Å². The SMILES string of the molecule is CCCCCC(O)/C=C/C1CNC(=O)N1C. The van der Waals surface area contributed by atoms with Gasteiger partial charge in [0.25, 0.3) is 0 Å². The molecular formula is C12H22N2O2. The highest BCUT2D eigenvalue weighted by Crippen LogP contribution is 2.08. The molecule has 1 rings (SSSR count). The molecule has 16 heavy (non-hydrogen) atoms. The Kier molecular flexibility index (Phi) is 5.32. The average Bonchev–Trinajstić information content (AvgIpc) is 2.58. The van der Waals surface area contributed by atoms with E-state index in [0.717, 1.165) is 19.3 Å². The van der Waals surface area contributed by atoms with Crippen LogP contribution in [-0.2, 0) is 0 Å². The van der Waals surface area contributed by atoms with Crippen LogP contribution in [0.25, 0.3) is 0 Å². The summed E-state index contributed by atoms with van der Waals surface area (Å²) in [7, 11) is 1.76. The molecular weight excluding hydrogens is 204 g/mol. The minimum Gasteiger partial charge on any atom is -0.389 e. The molecule has 1 fully saturated rings. The number of nitrogens with one attached hydrogen (secondary N) is 1. The number of hydrogen-bond acceptors (Lipinski definition) is 2. The number of rotatable bonds is 6. The lowest BCUT2D eigenvalue weighted by Crippen LogP contribution is -2.28. The Morgan fingerprint density at radius 1 is 1.62 bits per heavy atom. The summed E-state index contributed by atoms with van der Waals surface area (Å²) in [5.41, 5.74) is 0. The predicted molar refractivity (Wildman–Crippen MR) is 64.2 cm³/mol. The van der Waals surface area contributed by atoms with E-state index in [-0.39, 0.29) is 18.2 Å². The van der Waals surface area contributed by atoms with Crippen molar-refractivity contribution in [2.45, 2.75) is 44.8 Å². The topological polar surface area (TPSA) is 52.6 Å². The van der Waals surface area contributed by atoms with Gasteiger partial charge >= 0.3 is 6.03 Å². The second kappa shape index (κ2) is 6.53. The molecule has 2 unspecified atom stereocenters. The van der Waals surface area contributed by atoms with Gasteiger partial charge in [-0.2, -0.15) is 0 Å². The quantitative estimate of drug-likeness (QED) is 0.533. The van der Waals surface area contributed by atoms with E-state index in [4.69, 9.17) is 0 Å². The molecule has 0 aromatic rings. The Hall–Kier alpha value is -1.03. The summed E-state index contributed by atoms with van der Waals surface area (Å²) < 4.78 is 0. The van der Waals surface area contributed by atoms with Crippen LogP contribution in [-0.4, -0.2) is 41.8 Å². The van der Waals surface area contributed by atoms with Gasteiger partial charge in [0.15, 0.2) is 0 Å². The zero-order valence-corrected chi connectivity index (χ0v) is 10.1. The van der Waals surface area contributed by atoms with Crippen molar-refractivity contribution in [2.75, 3.05) is 13.6 Å². The van der Waals surface area contributed by atoms with E-state index in [1.165, 1.54) is 6.42 Å². The molecule has 1 aliphatic heterocycles. The fraction of sp³-hybridized carbons (Fsp3) is 0.750. The molecule has 1 saturated heterocycles. The third kappa shape index (κ3) is 3.85. The maximum absolute atomic E-state index is 11.2. The van der Waals surface area contributed by atoms with Crippen LogP contribution in [0.1, 0.15) is 32.6 Å². The van der Waals surface area contributed by atoms with Crippen molar-refractivity contribution >= 4 is 6.03 Å². The van der Waals surface area contributed by atoms with E-state index in [2.05, 4.69) is 12.2 Å². The van der Waals surface area contributed by atoms with Gasteiger partial charge in [-0.3, -0.25) is 0 Å². The Morgan fingerprint density at radius 3 is 2.94 bits per heavy atom. The van der Waals surface area contributed by atoms with Crippen molar-refractivity contribution in [1.82, 2.24) is 10.2 Å². The zero-order valence-electron chi connectivity index (χ0n) is 10.1. The van der Waals surface area contributed by atoms with E-state index in [0.29, 0.717) is 6.54 Å². The summed E-state index contributed by atoms with van der Waals surface area (Å²) >= 11 is 0. The molecule has 0 bridgehead atoms. The minimum absolute atomic E-state index is 0.0462. The smallest absolute Gasteiger partial charge is 0.317 e. The van der Waals surface area contributed by atoms with Crippen LogP contribution >= 0.6 is 0 Å². The number of unbranched alkanes of at least 4 members (excludes halogenated alkanes) is 2. The van der Waals surface area contributed by atoms with E-state index in [9.17, 15) is 9.90 Å². The van der Waals surface area contributed by atoms with E-state index in [1.807, 2.05) is 6.08 Å². The molecule has 0 saturated carbocycles. The van der Waals surface area contributed by atoms with Crippen LogP contribution < -0.4 is 5.32 Å². The number of aliphatic hydroxyl groups is 1. The second-order valence-corrected chi connectivity index (χ2v) is 4.31. The van der Waals surface area contributed by atoms with E-state index in [1.54, 1.807) is 18.0 Å². The van der Waals surface area contributed by atoms with Gasteiger partial charge < -0.3 is 15.3 Å².